The Kier molecular flexibility index (Phi) is 4.95. The van der Waals surface area contributed by atoms with E-state index in [1.807, 2.05) is 0 Å². The van der Waals surface area contributed by atoms with Crippen LogP contribution in [0.3, 0.4) is 0 Å². The highest BCUT2D eigenvalue weighted by Crippen LogP contribution is 2.01. The molecule has 72 valence electrons. The molecule has 0 bridgehead atoms. The van der Waals surface area contributed by atoms with Crippen LogP contribution in [0.4, 0.5) is 0 Å². The van der Waals surface area contributed by atoms with E-state index >= 15 is 0 Å². The topological polar surface area (TPSA) is 124 Å². The largest absolute Gasteiger partial charge is 0.394 e. The molecule has 4 atom stereocenters. The zero-order valence-corrected chi connectivity index (χ0v) is 6.37. The van der Waals surface area contributed by atoms with Crippen LogP contribution in [0.1, 0.15) is 0 Å². The number of hydrogen-bond donors (Lipinski definition) is 5. The van der Waals surface area contributed by atoms with Crippen molar-refractivity contribution in [3.05, 3.63) is 0 Å². The quantitative estimate of drug-likeness (QED) is 0.280. The molecule has 0 aliphatic carbocycles. The van der Waals surface area contributed by atoms with Crippen LogP contribution in [0.15, 0.2) is 0 Å². The van der Waals surface area contributed by atoms with Gasteiger partial charge in [0.2, 0.25) is 0 Å². The summed E-state index contributed by atoms with van der Waals surface area (Å²) in [4.78, 5) is 10.0. The van der Waals surface area contributed by atoms with Crippen molar-refractivity contribution in [1.82, 2.24) is 0 Å². The first-order valence-corrected chi connectivity index (χ1v) is 3.40. The Morgan fingerprint density at radius 2 is 1.75 bits per heavy atom. The molecule has 0 aliphatic heterocycles. The number of carbonyl (C=O) groups excluding carboxylic acids is 1. The van der Waals surface area contributed by atoms with E-state index < -0.39 is 31.0 Å². The molecule has 6 nitrogen and oxygen atoms in total. The molecule has 0 spiro atoms. The maximum absolute atomic E-state index is 10.0. The molecule has 0 radical (unpaired) electrons. The second-order valence-corrected chi connectivity index (χ2v) is 2.44. The van der Waals surface area contributed by atoms with E-state index in [1.54, 1.807) is 0 Å². The normalized spacial score (nSPS) is 21.1. The average Bonchev–Trinajstić information content (AvgIpc) is 2.12. The summed E-state index contributed by atoms with van der Waals surface area (Å²) < 4.78 is 0. The molecule has 0 saturated carbocycles. The molecule has 0 amide bonds. The molecule has 0 saturated heterocycles. The molecular formula is C6H13NO5. The Hall–Kier alpha value is -0.530. The molecular weight excluding hydrogens is 166 g/mol. The van der Waals surface area contributed by atoms with Crippen LogP contribution in [0, 0.1) is 0 Å². The number of rotatable bonds is 5. The standard InChI is InChI=1S/C6H13NO5/c7-3(1-8)5(11)6(12)4(10)2-9/h1,3-6,9-12H,2,7H2/t3-,4?,5+,6+/m1/s1. The maximum Gasteiger partial charge on any atom is 0.139 e. The Bertz CT molecular complexity index is 142. The summed E-state index contributed by atoms with van der Waals surface area (Å²) in [5.41, 5.74) is 5.04. The SMILES string of the molecule is N[C@H](C=O)[C@H](O)[C@@H](O)C(O)CO. The van der Waals surface area contributed by atoms with E-state index in [-0.39, 0.29) is 6.29 Å². The molecule has 0 rings (SSSR count). The van der Waals surface area contributed by atoms with Gasteiger partial charge in [-0.2, -0.15) is 0 Å². The lowest BCUT2D eigenvalue weighted by Gasteiger charge is -2.23. The smallest absolute Gasteiger partial charge is 0.139 e. The van der Waals surface area contributed by atoms with Crippen LogP contribution < -0.4 is 5.73 Å². The fraction of sp³-hybridized carbons (Fsp3) is 0.833. The number of carbonyl (C=O) groups is 1. The van der Waals surface area contributed by atoms with Crippen molar-refractivity contribution in [2.24, 2.45) is 5.73 Å². The van der Waals surface area contributed by atoms with Gasteiger partial charge in [-0.15, -0.1) is 0 Å². The van der Waals surface area contributed by atoms with Gasteiger partial charge in [-0.05, 0) is 0 Å². The Morgan fingerprint density at radius 1 is 1.25 bits per heavy atom. The minimum Gasteiger partial charge on any atom is -0.394 e. The monoisotopic (exact) mass is 179 g/mol. The van der Waals surface area contributed by atoms with Crippen LogP contribution in [0.5, 0.6) is 0 Å². The van der Waals surface area contributed by atoms with E-state index in [9.17, 15) is 4.79 Å². The maximum atomic E-state index is 10.0. The van der Waals surface area contributed by atoms with Gasteiger partial charge in [-0.1, -0.05) is 0 Å². The van der Waals surface area contributed by atoms with Crippen molar-refractivity contribution < 1.29 is 25.2 Å². The lowest BCUT2D eigenvalue weighted by atomic mass is 10.0. The van der Waals surface area contributed by atoms with Gasteiger partial charge >= 0.3 is 0 Å². The summed E-state index contributed by atoms with van der Waals surface area (Å²) in [6.45, 7) is -0.705. The number of aliphatic hydroxyl groups excluding tert-OH is 4. The molecule has 0 aliphatic rings. The van der Waals surface area contributed by atoms with E-state index in [1.165, 1.54) is 0 Å². The fourth-order valence-corrected chi connectivity index (χ4v) is 0.644. The first-order chi connectivity index (χ1) is 5.54. The van der Waals surface area contributed by atoms with Crippen LogP contribution >= 0.6 is 0 Å². The third kappa shape index (κ3) is 2.84. The lowest BCUT2D eigenvalue weighted by molar-refractivity contribution is -0.118. The van der Waals surface area contributed by atoms with Gasteiger partial charge in [-0.25, -0.2) is 0 Å². The number of aliphatic hydroxyl groups is 4. The van der Waals surface area contributed by atoms with Gasteiger partial charge < -0.3 is 31.0 Å². The molecule has 0 aromatic heterocycles. The van der Waals surface area contributed by atoms with Gasteiger partial charge in [0.1, 0.15) is 24.6 Å². The summed E-state index contributed by atoms with van der Waals surface area (Å²) in [7, 11) is 0. The number of hydrogen-bond acceptors (Lipinski definition) is 6. The van der Waals surface area contributed by atoms with Gasteiger partial charge in [0.05, 0.1) is 12.6 Å². The molecule has 1 unspecified atom stereocenters. The van der Waals surface area contributed by atoms with Crippen molar-refractivity contribution >= 4 is 6.29 Å². The molecule has 0 heterocycles. The van der Waals surface area contributed by atoms with Crippen molar-refractivity contribution in [3.63, 3.8) is 0 Å². The van der Waals surface area contributed by atoms with Gasteiger partial charge in [0.15, 0.2) is 0 Å². The second kappa shape index (κ2) is 5.18. The Balaban J connectivity index is 4.07. The third-order valence-corrected chi connectivity index (χ3v) is 1.48. The van der Waals surface area contributed by atoms with E-state index in [4.69, 9.17) is 26.2 Å². The van der Waals surface area contributed by atoms with Crippen molar-refractivity contribution in [1.29, 1.82) is 0 Å². The summed E-state index contributed by atoms with van der Waals surface area (Å²) in [5, 5.41) is 35.2. The van der Waals surface area contributed by atoms with Crippen molar-refractivity contribution in [3.8, 4) is 0 Å². The first-order valence-electron chi connectivity index (χ1n) is 3.40. The lowest BCUT2D eigenvalue weighted by Crippen LogP contribution is -2.49. The third-order valence-electron chi connectivity index (χ3n) is 1.48. The van der Waals surface area contributed by atoms with Gasteiger partial charge in [0, 0.05) is 0 Å². The molecule has 6 heteroatoms. The predicted octanol–water partition coefficient (Wildman–Crippen LogP) is -3.41. The average molecular weight is 179 g/mol. The van der Waals surface area contributed by atoms with Crippen LogP contribution in [0.2, 0.25) is 0 Å². The molecule has 0 aromatic rings. The highest BCUT2D eigenvalue weighted by molar-refractivity contribution is 5.58. The zero-order valence-electron chi connectivity index (χ0n) is 6.37. The molecule has 6 N–H and O–H groups in total. The van der Waals surface area contributed by atoms with E-state index in [0.717, 1.165) is 0 Å². The summed E-state index contributed by atoms with van der Waals surface area (Å²) in [6.07, 6.45) is -4.43. The highest BCUT2D eigenvalue weighted by atomic mass is 16.4. The van der Waals surface area contributed by atoms with Gasteiger partial charge in [-0.3, -0.25) is 0 Å². The zero-order chi connectivity index (χ0) is 9.72. The fourth-order valence-electron chi connectivity index (χ4n) is 0.644. The summed E-state index contributed by atoms with van der Waals surface area (Å²) in [5.74, 6) is 0. The van der Waals surface area contributed by atoms with Crippen LogP contribution in [-0.4, -0.2) is 57.7 Å². The molecule has 12 heavy (non-hydrogen) atoms. The summed E-state index contributed by atoms with van der Waals surface area (Å²) in [6, 6.07) is -1.26. The van der Waals surface area contributed by atoms with Crippen LogP contribution in [0.25, 0.3) is 0 Å². The summed E-state index contributed by atoms with van der Waals surface area (Å²) >= 11 is 0. The first kappa shape index (κ1) is 11.5. The predicted molar refractivity (Wildman–Crippen MR) is 39.1 cm³/mol. The molecule has 0 fully saturated rings. The van der Waals surface area contributed by atoms with Crippen molar-refractivity contribution in [2.45, 2.75) is 24.4 Å². The minimum atomic E-state index is -1.62. The van der Waals surface area contributed by atoms with Crippen LogP contribution in [-0.2, 0) is 4.79 Å². The Labute approximate surface area is 69.2 Å². The number of nitrogens with two attached hydrogens (primary N) is 1. The number of aldehydes is 1. The Morgan fingerprint density at radius 3 is 2.08 bits per heavy atom. The van der Waals surface area contributed by atoms with E-state index in [0.29, 0.717) is 0 Å². The van der Waals surface area contributed by atoms with E-state index in [2.05, 4.69) is 0 Å². The second-order valence-electron chi connectivity index (χ2n) is 2.44. The van der Waals surface area contributed by atoms with Gasteiger partial charge in [0.25, 0.3) is 0 Å². The molecule has 0 aromatic carbocycles. The van der Waals surface area contributed by atoms with Crippen molar-refractivity contribution in [2.75, 3.05) is 6.61 Å². The minimum absolute atomic E-state index is 0.248. The highest BCUT2D eigenvalue weighted by Gasteiger charge is 2.28.